The Morgan fingerprint density at radius 2 is 2.11 bits per heavy atom. The third-order valence-electron chi connectivity index (χ3n) is 2.41. The van der Waals surface area contributed by atoms with Crippen LogP contribution in [0.5, 0.6) is 0 Å². The molecule has 2 heterocycles. The molecule has 0 spiro atoms. The van der Waals surface area contributed by atoms with Crippen molar-refractivity contribution < 1.29 is 9.25 Å². The third kappa shape index (κ3) is 2.81. The number of pyridine rings is 1. The van der Waals surface area contributed by atoms with Gasteiger partial charge in [-0.15, -0.1) is 0 Å². The highest BCUT2D eigenvalue weighted by atomic mass is 32.2. The summed E-state index contributed by atoms with van der Waals surface area (Å²) in [5, 5.41) is 16.0. The van der Waals surface area contributed by atoms with Gasteiger partial charge in [-0.05, 0) is 24.8 Å². The van der Waals surface area contributed by atoms with Crippen LogP contribution in [0, 0.1) is 5.21 Å². The number of nitrogens with zero attached hydrogens (tertiary/aromatic N) is 3. The van der Waals surface area contributed by atoms with Gasteiger partial charge in [0, 0.05) is 18.1 Å². The molecule has 5 nitrogen and oxygen atoms in total. The zero-order valence-electron chi connectivity index (χ0n) is 10.5. The minimum absolute atomic E-state index is 0.0485. The molecule has 6 heteroatoms. The number of hydrogen-bond donors (Lipinski definition) is 0. The normalized spacial score (nSPS) is 12.9. The van der Waals surface area contributed by atoms with Crippen molar-refractivity contribution in [3.8, 4) is 0 Å². The predicted molar refractivity (Wildman–Crippen MR) is 68.1 cm³/mol. The molecular weight excluding hydrogens is 250 g/mol. The number of hydrogen-bond acceptors (Lipinski definition) is 5. The molecule has 0 amide bonds. The van der Waals surface area contributed by atoms with Gasteiger partial charge in [-0.1, -0.05) is 19.0 Å². The molecule has 2 aromatic heterocycles. The van der Waals surface area contributed by atoms with Crippen molar-refractivity contribution in [2.75, 3.05) is 0 Å². The van der Waals surface area contributed by atoms with E-state index in [4.69, 9.17) is 4.52 Å². The van der Waals surface area contributed by atoms with E-state index in [0.717, 1.165) is 4.73 Å². The maximum atomic E-state index is 11.5. The first-order chi connectivity index (χ1) is 8.58. The largest absolute Gasteiger partial charge is 0.618 e. The monoisotopic (exact) mass is 265 g/mol. The summed E-state index contributed by atoms with van der Waals surface area (Å²) in [6, 6.07) is 5.30. The van der Waals surface area contributed by atoms with Crippen molar-refractivity contribution in [1.82, 2.24) is 10.1 Å². The van der Waals surface area contributed by atoms with E-state index in [1.807, 2.05) is 26.8 Å². The Hall–Kier alpha value is -1.56. The van der Waals surface area contributed by atoms with Crippen molar-refractivity contribution >= 4 is 11.8 Å². The van der Waals surface area contributed by atoms with Crippen molar-refractivity contribution in [2.24, 2.45) is 0 Å². The summed E-state index contributed by atoms with van der Waals surface area (Å²) in [4.78, 5) is 4.33. The molecule has 1 unspecified atom stereocenters. The number of thioether (sulfide) groups is 1. The van der Waals surface area contributed by atoms with Crippen LogP contribution < -0.4 is 4.73 Å². The number of rotatable bonds is 4. The standard InChI is InChI=1S/C12H15N3O2S/c1-8(2)11-13-12(17-14-11)9(3)18-10-6-4-5-7-15(10)16/h4-9H,1-3H3. The van der Waals surface area contributed by atoms with Gasteiger partial charge < -0.3 is 9.73 Å². The summed E-state index contributed by atoms with van der Waals surface area (Å²) in [5.74, 6) is 1.48. The predicted octanol–water partition coefficient (Wildman–Crippen LogP) is 2.68. The van der Waals surface area contributed by atoms with Gasteiger partial charge >= 0.3 is 0 Å². The highest BCUT2D eigenvalue weighted by Gasteiger charge is 2.20. The third-order valence-corrected chi connectivity index (χ3v) is 3.52. The summed E-state index contributed by atoms with van der Waals surface area (Å²) in [5.41, 5.74) is 0. The van der Waals surface area contributed by atoms with Crippen LogP contribution in [0.3, 0.4) is 0 Å². The molecule has 0 fully saturated rings. The molecule has 2 aromatic rings. The van der Waals surface area contributed by atoms with Crippen LogP contribution >= 0.6 is 11.8 Å². The SMILES string of the molecule is CC(C)c1noc(C(C)Sc2cccc[n+]2[O-])n1. The maximum Gasteiger partial charge on any atom is 0.252 e. The van der Waals surface area contributed by atoms with E-state index in [1.165, 1.54) is 18.0 Å². The molecule has 0 aliphatic heterocycles. The first kappa shape index (κ1) is 12.9. The lowest BCUT2D eigenvalue weighted by molar-refractivity contribution is -0.645. The maximum absolute atomic E-state index is 11.5. The van der Waals surface area contributed by atoms with Crippen LogP contribution in [-0.4, -0.2) is 10.1 Å². The van der Waals surface area contributed by atoms with Gasteiger partial charge in [-0.3, -0.25) is 0 Å². The van der Waals surface area contributed by atoms with Gasteiger partial charge in [0.1, 0.15) is 0 Å². The lowest BCUT2D eigenvalue weighted by atomic mass is 10.2. The molecule has 0 aliphatic rings. The smallest absolute Gasteiger partial charge is 0.252 e. The molecule has 2 rings (SSSR count). The molecule has 0 aromatic carbocycles. The van der Waals surface area contributed by atoms with Gasteiger partial charge in [0.2, 0.25) is 5.89 Å². The Labute approximate surface area is 110 Å². The molecule has 0 bridgehead atoms. The lowest BCUT2D eigenvalue weighted by Gasteiger charge is -2.06. The summed E-state index contributed by atoms with van der Waals surface area (Å²) in [6.45, 7) is 5.96. The first-order valence-corrected chi connectivity index (χ1v) is 6.64. The highest BCUT2D eigenvalue weighted by Crippen LogP contribution is 2.32. The first-order valence-electron chi connectivity index (χ1n) is 5.76. The fourth-order valence-electron chi connectivity index (χ4n) is 1.38. The molecule has 0 N–H and O–H groups in total. The summed E-state index contributed by atoms with van der Waals surface area (Å²) >= 11 is 1.40. The van der Waals surface area contributed by atoms with Crippen LogP contribution in [0.4, 0.5) is 0 Å². The molecule has 0 saturated carbocycles. The fourth-order valence-corrected chi connectivity index (χ4v) is 2.26. The second-order valence-electron chi connectivity index (χ2n) is 4.27. The Bertz CT molecular complexity index is 528. The van der Waals surface area contributed by atoms with Gasteiger partial charge in [-0.2, -0.15) is 9.71 Å². The second-order valence-corrected chi connectivity index (χ2v) is 5.63. The van der Waals surface area contributed by atoms with E-state index in [0.29, 0.717) is 16.7 Å². The van der Waals surface area contributed by atoms with E-state index in [1.54, 1.807) is 12.1 Å². The number of aromatic nitrogens is 3. The molecule has 96 valence electrons. The van der Waals surface area contributed by atoms with Crippen LogP contribution in [0.2, 0.25) is 0 Å². The average Bonchev–Trinajstić information content (AvgIpc) is 2.81. The quantitative estimate of drug-likeness (QED) is 0.483. The Morgan fingerprint density at radius 1 is 1.33 bits per heavy atom. The Morgan fingerprint density at radius 3 is 2.72 bits per heavy atom. The highest BCUT2D eigenvalue weighted by molar-refractivity contribution is 7.99. The lowest BCUT2D eigenvalue weighted by Crippen LogP contribution is -2.27. The fraction of sp³-hybridized carbons (Fsp3) is 0.417. The van der Waals surface area contributed by atoms with Gasteiger partial charge in [0.15, 0.2) is 12.0 Å². The van der Waals surface area contributed by atoms with Gasteiger partial charge in [-0.25, -0.2) is 0 Å². The summed E-state index contributed by atoms with van der Waals surface area (Å²) in [6.07, 6.45) is 1.47. The van der Waals surface area contributed by atoms with Crippen molar-refractivity contribution in [2.45, 2.75) is 37.0 Å². The van der Waals surface area contributed by atoms with Crippen LogP contribution in [-0.2, 0) is 0 Å². The van der Waals surface area contributed by atoms with E-state index >= 15 is 0 Å². The molecule has 0 radical (unpaired) electrons. The van der Waals surface area contributed by atoms with Crippen molar-refractivity contribution in [3.05, 3.63) is 41.3 Å². The molecule has 18 heavy (non-hydrogen) atoms. The van der Waals surface area contributed by atoms with Crippen molar-refractivity contribution in [1.29, 1.82) is 0 Å². The molecular formula is C12H15N3O2S. The van der Waals surface area contributed by atoms with Crippen LogP contribution in [0.25, 0.3) is 0 Å². The van der Waals surface area contributed by atoms with E-state index in [-0.39, 0.29) is 11.2 Å². The minimum atomic E-state index is -0.0485. The van der Waals surface area contributed by atoms with E-state index < -0.39 is 0 Å². The summed E-state index contributed by atoms with van der Waals surface area (Å²) < 4.78 is 6.04. The summed E-state index contributed by atoms with van der Waals surface area (Å²) in [7, 11) is 0. The van der Waals surface area contributed by atoms with E-state index in [9.17, 15) is 5.21 Å². The Balaban J connectivity index is 2.12. The zero-order chi connectivity index (χ0) is 13.1. The zero-order valence-corrected chi connectivity index (χ0v) is 11.3. The Kier molecular flexibility index (Phi) is 3.86. The van der Waals surface area contributed by atoms with E-state index in [2.05, 4.69) is 10.1 Å². The average molecular weight is 265 g/mol. The topological polar surface area (TPSA) is 65.9 Å². The molecule has 0 aliphatic carbocycles. The van der Waals surface area contributed by atoms with Gasteiger partial charge in [0.25, 0.3) is 5.03 Å². The molecule has 1 atom stereocenters. The minimum Gasteiger partial charge on any atom is -0.618 e. The van der Waals surface area contributed by atoms with Gasteiger partial charge in [0.05, 0.1) is 5.25 Å². The molecule has 0 saturated heterocycles. The van der Waals surface area contributed by atoms with Crippen LogP contribution in [0.1, 0.15) is 43.7 Å². The van der Waals surface area contributed by atoms with Crippen molar-refractivity contribution in [3.63, 3.8) is 0 Å². The second kappa shape index (κ2) is 5.39. The van der Waals surface area contributed by atoms with Crippen LogP contribution in [0.15, 0.2) is 33.9 Å².